The maximum atomic E-state index is 13.4. The van der Waals surface area contributed by atoms with Crippen molar-refractivity contribution in [1.82, 2.24) is 19.9 Å². The van der Waals surface area contributed by atoms with Gasteiger partial charge in [0.05, 0.1) is 18.8 Å². The van der Waals surface area contributed by atoms with Crippen LogP contribution in [0.3, 0.4) is 0 Å². The van der Waals surface area contributed by atoms with Crippen LogP contribution in [0.15, 0.2) is 60.0 Å². The fourth-order valence-corrected chi connectivity index (χ4v) is 4.62. The molecule has 1 aromatic carbocycles. The highest BCUT2D eigenvalue weighted by Gasteiger charge is 2.25. The zero-order valence-corrected chi connectivity index (χ0v) is 21.6. The lowest BCUT2D eigenvalue weighted by atomic mass is 9.84. The number of aromatic nitrogens is 3. The number of anilines is 2. The molecular formula is C28H34N8O2. The van der Waals surface area contributed by atoms with Crippen LogP contribution < -0.4 is 16.0 Å². The minimum atomic E-state index is -0.471. The molecule has 1 aliphatic carbocycles. The molecule has 0 unspecified atom stereocenters. The van der Waals surface area contributed by atoms with E-state index in [2.05, 4.69) is 35.9 Å². The Morgan fingerprint density at radius 3 is 2.61 bits per heavy atom. The first-order valence-corrected chi connectivity index (χ1v) is 13.0. The molecule has 0 spiro atoms. The number of benzene rings is 1. The fraction of sp³-hybridized carbons (Fsp3) is 0.393. The van der Waals surface area contributed by atoms with Gasteiger partial charge in [-0.25, -0.2) is 4.85 Å². The van der Waals surface area contributed by atoms with E-state index in [-0.39, 0.29) is 12.5 Å². The van der Waals surface area contributed by atoms with E-state index >= 15 is 0 Å². The van der Waals surface area contributed by atoms with Crippen molar-refractivity contribution in [3.63, 3.8) is 0 Å². The summed E-state index contributed by atoms with van der Waals surface area (Å²) < 4.78 is 1.87. The van der Waals surface area contributed by atoms with Gasteiger partial charge >= 0.3 is 0 Å². The Labute approximate surface area is 223 Å². The molecule has 198 valence electrons. The number of oxime groups is 1. The molecule has 0 aliphatic heterocycles. The minimum Gasteiger partial charge on any atom is -0.411 e. The molecule has 38 heavy (non-hydrogen) atoms. The van der Waals surface area contributed by atoms with Gasteiger partial charge in [-0.05, 0) is 37.0 Å². The summed E-state index contributed by atoms with van der Waals surface area (Å²) in [5, 5.41) is 21.7. The van der Waals surface area contributed by atoms with Crippen molar-refractivity contribution < 1.29 is 10.0 Å². The maximum Gasteiger partial charge on any atom is 0.242 e. The summed E-state index contributed by atoms with van der Waals surface area (Å²) in [6.45, 7) is 9.47. The zero-order chi connectivity index (χ0) is 26.7. The normalized spacial score (nSPS) is 14.9. The van der Waals surface area contributed by atoms with Gasteiger partial charge in [-0.3, -0.25) is 4.79 Å². The molecule has 1 atom stereocenters. The molecule has 1 aliphatic rings. The average Bonchev–Trinajstić information content (AvgIpc) is 3.50. The minimum absolute atomic E-state index is 0.0938. The summed E-state index contributed by atoms with van der Waals surface area (Å²) in [5.41, 5.74) is 2.00. The molecule has 1 fully saturated rings. The lowest BCUT2D eigenvalue weighted by Crippen LogP contribution is -2.41. The molecule has 10 nitrogen and oxygen atoms in total. The molecule has 1 saturated carbocycles. The summed E-state index contributed by atoms with van der Waals surface area (Å²) in [4.78, 5) is 26.1. The molecule has 4 rings (SSSR count). The van der Waals surface area contributed by atoms with Crippen molar-refractivity contribution in [3.05, 3.63) is 71.8 Å². The second kappa shape index (κ2) is 13.2. The predicted molar refractivity (Wildman–Crippen MR) is 148 cm³/mol. The number of hydrogen-bond acceptors (Lipinski definition) is 7. The van der Waals surface area contributed by atoms with Gasteiger partial charge in [0.25, 0.3) is 0 Å². The Morgan fingerprint density at radius 2 is 1.92 bits per heavy atom. The van der Waals surface area contributed by atoms with Crippen LogP contribution in [0.5, 0.6) is 0 Å². The highest BCUT2D eigenvalue weighted by molar-refractivity contribution is 5.85. The third kappa shape index (κ3) is 7.56. The second-order valence-corrected chi connectivity index (χ2v) is 9.65. The number of carbonyl (C=O) groups excluding carboxylic acids is 1. The molecule has 10 heteroatoms. The molecular weight excluding hydrogens is 480 g/mol. The number of nitrogens with zero attached hydrogens (tertiary/aromatic N) is 5. The Balaban J connectivity index is 1.54. The van der Waals surface area contributed by atoms with Crippen molar-refractivity contribution in [2.75, 3.05) is 17.2 Å². The van der Waals surface area contributed by atoms with E-state index in [1.54, 1.807) is 19.1 Å². The monoisotopic (exact) mass is 514 g/mol. The SMILES string of the molecule is [C-]#[N+]c1ccc(CNC(=O)[C@@H](CC2CCCCC2)Nc2cc(-n3cccc3)nc(NC/C(C)=N/O)n2)cc1. The van der Waals surface area contributed by atoms with Gasteiger partial charge in [-0.15, -0.1) is 0 Å². The predicted octanol–water partition coefficient (Wildman–Crippen LogP) is 5.15. The van der Waals surface area contributed by atoms with Gasteiger partial charge < -0.3 is 25.7 Å². The molecule has 1 amide bonds. The number of nitrogens with one attached hydrogen (secondary N) is 3. The largest absolute Gasteiger partial charge is 0.411 e. The zero-order valence-electron chi connectivity index (χ0n) is 21.6. The van der Waals surface area contributed by atoms with E-state index in [9.17, 15) is 4.79 Å². The van der Waals surface area contributed by atoms with Gasteiger partial charge in [0, 0.05) is 25.0 Å². The molecule has 2 aromatic heterocycles. The Bertz CT molecular complexity index is 1260. The summed E-state index contributed by atoms with van der Waals surface area (Å²) in [7, 11) is 0. The maximum absolute atomic E-state index is 13.4. The van der Waals surface area contributed by atoms with E-state index in [1.165, 1.54) is 19.3 Å². The van der Waals surface area contributed by atoms with Gasteiger partial charge in [-0.2, -0.15) is 9.97 Å². The molecule has 0 saturated heterocycles. The van der Waals surface area contributed by atoms with Crippen LogP contribution in [-0.4, -0.2) is 43.9 Å². The van der Waals surface area contributed by atoms with Gasteiger partial charge in [0.15, 0.2) is 5.69 Å². The Kier molecular flexibility index (Phi) is 9.29. The van der Waals surface area contributed by atoms with Crippen LogP contribution in [0.2, 0.25) is 0 Å². The van der Waals surface area contributed by atoms with Crippen LogP contribution in [0, 0.1) is 12.5 Å². The lowest BCUT2D eigenvalue weighted by molar-refractivity contribution is -0.122. The first-order chi connectivity index (χ1) is 18.5. The fourth-order valence-electron chi connectivity index (χ4n) is 4.62. The molecule has 0 radical (unpaired) electrons. The van der Waals surface area contributed by atoms with Crippen LogP contribution >= 0.6 is 0 Å². The van der Waals surface area contributed by atoms with Crippen molar-refractivity contribution in [3.8, 4) is 5.82 Å². The molecule has 2 heterocycles. The van der Waals surface area contributed by atoms with Crippen LogP contribution in [0.4, 0.5) is 17.5 Å². The standard InChI is InChI=1S/C28H34N8O2/c1-20(35-38)18-31-28-33-25(17-26(34-28)36-14-6-7-15-36)32-24(16-21-8-4-3-5-9-21)27(37)30-19-22-10-12-23(29-2)13-11-22/h6-7,10-15,17,21,24,38H,3-5,8-9,16,18-19H2,1H3,(H,30,37)(H2,31,32,33,34)/b35-20+/t24-/m1/s1. The summed E-state index contributed by atoms with van der Waals surface area (Å²) in [5.74, 6) is 1.91. The first kappa shape index (κ1) is 26.7. The van der Waals surface area contributed by atoms with Crippen molar-refractivity contribution in [1.29, 1.82) is 0 Å². The lowest BCUT2D eigenvalue weighted by Gasteiger charge is -2.27. The van der Waals surface area contributed by atoms with Crippen LogP contribution in [-0.2, 0) is 11.3 Å². The number of carbonyl (C=O) groups is 1. The third-order valence-electron chi connectivity index (χ3n) is 6.72. The summed E-state index contributed by atoms with van der Waals surface area (Å²) >= 11 is 0. The Hall–Kier alpha value is -4.39. The number of rotatable bonds is 11. The highest BCUT2D eigenvalue weighted by Crippen LogP contribution is 2.28. The molecule has 3 aromatic rings. The van der Waals surface area contributed by atoms with Crippen LogP contribution in [0.25, 0.3) is 10.7 Å². The third-order valence-corrected chi connectivity index (χ3v) is 6.72. The van der Waals surface area contributed by atoms with Gasteiger partial charge in [-0.1, -0.05) is 61.5 Å². The van der Waals surface area contributed by atoms with Crippen LogP contribution in [0.1, 0.15) is 51.0 Å². The quantitative estimate of drug-likeness (QED) is 0.122. The van der Waals surface area contributed by atoms with Crippen molar-refractivity contribution in [2.45, 2.75) is 58.0 Å². The second-order valence-electron chi connectivity index (χ2n) is 9.65. The van der Waals surface area contributed by atoms with Gasteiger partial charge in [0.2, 0.25) is 11.9 Å². The molecule has 0 bridgehead atoms. The Morgan fingerprint density at radius 1 is 1.18 bits per heavy atom. The van der Waals surface area contributed by atoms with E-state index in [0.717, 1.165) is 18.4 Å². The topological polar surface area (TPSA) is 121 Å². The average molecular weight is 515 g/mol. The number of amides is 1. The van der Waals surface area contributed by atoms with E-state index in [1.807, 2.05) is 47.3 Å². The highest BCUT2D eigenvalue weighted by atomic mass is 16.4. The van der Waals surface area contributed by atoms with E-state index in [4.69, 9.17) is 11.8 Å². The van der Waals surface area contributed by atoms with Gasteiger partial charge in [0.1, 0.15) is 17.7 Å². The summed E-state index contributed by atoms with van der Waals surface area (Å²) in [6.07, 6.45) is 10.4. The van der Waals surface area contributed by atoms with Crippen molar-refractivity contribution >= 4 is 29.1 Å². The molecule has 4 N–H and O–H groups in total. The number of hydrogen-bond donors (Lipinski definition) is 4. The summed E-state index contributed by atoms with van der Waals surface area (Å²) in [6, 6.07) is 12.4. The van der Waals surface area contributed by atoms with E-state index in [0.29, 0.717) is 47.9 Å². The van der Waals surface area contributed by atoms with E-state index < -0.39 is 6.04 Å². The van der Waals surface area contributed by atoms with Crippen molar-refractivity contribution in [2.24, 2.45) is 11.1 Å². The first-order valence-electron chi connectivity index (χ1n) is 13.0. The smallest absolute Gasteiger partial charge is 0.242 e.